The zero-order valence-electron chi connectivity index (χ0n) is 16.7. The van der Waals surface area contributed by atoms with Gasteiger partial charge in [-0.3, -0.25) is 0 Å². The first-order valence-corrected chi connectivity index (χ1v) is 10.2. The number of anilines is 1. The van der Waals surface area contributed by atoms with Crippen LogP contribution in [0.25, 0.3) is 34.0 Å². The number of rotatable bonds is 3. The molecule has 0 amide bonds. The van der Waals surface area contributed by atoms with Crippen LogP contribution in [0, 0.1) is 0 Å². The summed E-state index contributed by atoms with van der Waals surface area (Å²) in [5.41, 5.74) is 6.28. The molecule has 2 aromatic carbocycles. The number of hydrogen-bond acceptors (Lipinski definition) is 1. The second-order valence-corrected chi connectivity index (χ2v) is 7.70. The van der Waals surface area contributed by atoms with E-state index in [2.05, 4.69) is 94.4 Å². The Labute approximate surface area is 189 Å². The summed E-state index contributed by atoms with van der Waals surface area (Å²) in [6.45, 7) is 2.31. The predicted molar refractivity (Wildman–Crippen MR) is 118 cm³/mol. The number of aromatic nitrogens is 2. The molecule has 0 unspecified atom stereocenters. The van der Waals surface area contributed by atoms with Crippen LogP contribution in [0.5, 0.6) is 0 Å². The summed E-state index contributed by atoms with van der Waals surface area (Å²) in [6, 6.07) is 19.6. The molecule has 3 heterocycles. The highest BCUT2D eigenvalue weighted by Crippen LogP contribution is 2.29. The summed E-state index contributed by atoms with van der Waals surface area (Å²) >= 11 is 0. The van der Waals surface area contributed by atoms with Crippen molar-refractivity contribution < 1.29 is 28.5 Å². The van der Waals surface area contributed by atoms with Crippen molar-refractivity contribution in [2.24, 2.45) is 7.05 Å². The molecule has 1 N–H and O–H groups in total. The molecule has 0 atom stereocenters. The Kier molecular flexibility index (Phi) is 5.90. The van der Waals surface area contributed by atoms with E-state index >= 15 is 0 Å². The molecule has 1 fully saturated rings. The Morgan fingerprint density at radius 2 is 1.62 bits per heavy atom. The average Bonchev–Trinajstić information content (AvgIpc) is 3.17. The van der Waals surface area contributed by atoms with Crippen LogP contribution in [0.3, 0.4) is 0 Å². The van der Waals surface area contributed by atoms with Crippen LogP contribution in [0.1, 0.15) is 30.5 Å². The van der Waals surface area contributed by atoms with Gasteiger partial charge in [0.05, 0.1) is 11.1 Å². The lowest BCUT2D eigenvalue weighted by molar-refractivity contribution is -0.646. The number of pyridine rings is 1. The van der Waals surface area contributed by atoms with Gasteiger partial charge in [-0.1, -0.05) is 30.3 Å². The molecule has 3 nitrogen and oxygen atoms in total. The molecule has 0 spiro atoms. The number of halogens is 1. The van der Waals surface area contributed by atoms with E-state index in [1.54, 1.807) is 0 Å². The van der Waals surface area contributed by atoms with E-state index in [1.807, 2.05) is 0 Å². The molecule has 29 heavy (non-hydrogen) atoms. The monoisotopic (exact) mass is 495 g/mol. The van der Waals surface area contributed by atoms with Gasteiger partial charge >= 0.3 is 0 Å². The highest BCUT2D eigenvalue weighted by Gasteiger charge is 2.20. The van der Waals surface area contributed by atoms with Crippen molar-refractivity contribution in [2.45, 2.75) is 19.3 Å². The van der Waals surface area contributed by atoms with Crippen molar-refractivity contribution in [2.75, 3.05) is 18.0 Å². The summed E-state index contributed by atoms with van der Waals surface area (Å²) < 4.78 is 2.30. The Balaban J connectivity index is 0.00000205. The van der Waals surface area contributed by atoms with Crippen LogP contribution in [0.4, 0.5) is 5.69 Å². The lowest BCUT2D eigenvalue weighted by Gasteiger charge is -2.29. The van der Waals surface area contributed by atoms with Crippen LogP contribution in [0.2, 0.25) is 0 Å². The summed E-state index contributed by atoms with van der Waals surface area (Å²) in [6.07, 6.45) is 10.5. The first-order valence-electron chi connectivity index (χ1n) is 10.2. The van der Waals surface area contributed by atoms with E-state index in [9.17, 15) is 0 Å². The first-order chi connectivity index (χ1) is 13.8. The minimum absolute atomic E-state index is 0. The molecular weight excluding hydrogens is 469 g/mol. The fourth-order valence-electron chi connectivity index (χ4n) is 4.40. The van der Waals surface area contributed by atoms with Gasteiger partial charge in [0.15, 0.2) is 0 Å². The molecule has 4 aromatic rings. The number of nitrogens with zero attached hydrogens (tertiary/aromatic N) is 2. The van der Waals surface area contributed by atoms with Gasteiger partial charge in [0.1, 0.15) is 7.05 Å². The number of aryl methyl sites for hydroxylation is 1. The molecule has 0 bridgehead atoms. The molecule has 1 aliphatic rings. The maximum atomic E-state index is 3.37. The number of para-hydroxylation sites is 2. The molecular formula is C25H26IN3. The zero-order valence-corrected chi connectivity index (χ0v) is 18.9. The first kappa shape index (κ1) is 20.0. The Bertz CT molecular complexity index is 1170. The number of aromatic amines is 1. The van der Waals surface area contributed by atoms with Gasteiger partial charge < -0.3 is 33.9 Å². The van der Waals surface area contributed by atoms with Crippen LogP contribution >= 0.6 is 0 Å². The molecule has 0 aliphatic carbocycles. The summed E-state index contributed by atoms with van der Waals surface area (Å²) in [5, 5.41) is 2.61. The van der Waals surface area contributed by atoms with Crippen LogP contribution in [-0.4, -0.2) is 18.1 Å². The molecule has 1 aliphatic heterocycles. The average molecular weight is 495 g/mol. The van der Waals surface area contributed by atoms with Gasteiger partial charge in [0.25, 0.3) is 0 Å². The second-order valence-electron chi connectivity index (χ2n) is 7.70. The summed E-state index contributed by atoms with van der Waals surface area (Å²) in [7, 11) is 2.16. The van der Waals surface area contributed by atoms with Crippen LogP contribution < -0.4 is 33.4 Å². The fourth-order valence-corrected chi connectivity index (χ4v) is 4.40. The van der Waals surface area contributed by atoms with Crippen LogP contribution in [-0.2, 0) is 7.05 Å². The lowest BCUT2D eigenvalue weighted by atomic mass is 10.1. The smallest absolute Gasteiger partial charge is 0.214 e. The van der Waals surface area contributed by atoms with E-state index in [0.717, 1.165) is 13.1 Å². The van der Waals surface area contributed by atoms with Gasteiger partial charge in [-0.2, -0.15) is 4.57 Å². The number of benzene rings is 2. The van der Waals surface area contributed by atoms with Crippen LogP contribution in [0.15, 0.2) is 60.8 Å². The molecule has 0 saturated carbocycles. The van der Waals surface area contributed by atoms with E-state index < -0.39 is 0 Å². The fraction of sp³-hybridized carbons (Fsp3) is 0.240. The standard InChI is InChI=1S/C25H25N3.HI/c1-27-20(14-13-19-18-26-23-11-5-3-9-21(19)23)17-25(28-15-7-2-8-16-28)22-10-4-6-12-24(22)27;/h3-6,9-14,17-18H,2,7-8,15-16H2,1H3;1H. The quantitative estimate of drug-likeness (QED) is 0.342. The van der Waals surface area contributed by atoms with E-state index in [4.69, 9.17) is 0 Å². The zero-order chi connectivity index (χ0) is 18.9. The Morgan fingerprint density at radius 3 is 2.45 bits per heavy atom. The highest BCUT2D eigenvalue weighted by molar-refractivity contribution is 5.93. The van der Waals surface area contributed by atoms with Crippen molar-refractivity contribution in [1.29, 1.82) is 0 Å². The summed E-state index contributed by atoms with van der Waals surface area (Å²) in [4.78, 5) is 5.93. The molecule has 148 valence electrons. The second kappa shape index (κ2) is 8.57. The number of piperidine rings is 1. The van der Waals surface area contributed by atoms with E-state index in [0.29, 0.717) is 0 Å². The number of nitrogens with one attached hydrogen (secondary N) is 1. The molecule has 0 radical (unpaired) electrons. The Hall–Kier alpha value is -2.34. The van der Waals surface area contributed by atoms with Gasteiger partial charge in [-0.05, 0) is 43.0 Å². The van der Waals surface area contributed by atoms with Crippen molar-refractivity contribution in [1.82, 2.24) is 4.98 Å². The van der Waals surface area contributed by atoms with E-state index in [-0.39, 0.29) is 24.0 Å². The molecule has 4 heteroatoms. The maximum absolute atomic E-state index is 3.37. The van der Waals surface area contributed by atoms with Crippen molar-refractivity contribution >= 4 is 39.6 Å². The largest absolute Gasteiger partial charge is 1.00 e. The number of H-pyrrole nitrogens is 1. The maximum Gasteiger partial charge on any atom is 0.214 e. The van der Waals surface area contributed by atoms with E-state index in [1.165, 1.54) is 58.0 Å². The van der Waals surface area contributed by atoms with Crippen molar-refractivity contribution in [3.05, 3.63) is 72.1 Å². The van der Waals surface area contributed by atoms with Crippen molar-refractivity contribution in [3.8, 4) is 0 Å². The third-order valence-electron chi connectivity index (χ3n) is 5.96. The van der Waals surface area contributed by atoms with Gasteiger partial charge in [0.2, 0.25) is 11.2 Å². The normalized spacial score (nSPS) is 14.6. The number of hydrogen-bond donors (Lipinski definition) is 1. The molecule has 1 saturated heterocycles. The number of fused-ring (bicyclic) bond motifs is 2. The minimum Gasteiger partial charge on any atom is -1.00 e. The highest BCUT2D eigenvalue weighted by atomic mass is 127. The molecule has 5 rings (SSSR count). The topological polar surface area (TPSA) is 22.9 Å². The van der Waals surface area contributed by atoms with Crippen molar-refractivity contribution in [3.63, 3.8) is 0 Å². The minimum atomic E-state index is 0. The third-order valence-corrected chi connectivity index (χ3v) is 5.96. The third kappa shape index (κ3) is 3.78. The predicted octanol–water partition coefficient (Wildman–Crippen LogP) is 2.31. The van der Waals surface area contributed by atoms with Gasteiger partial charge in [0, 0.05) is 48.4 Å². The molecule has 2 aromatic heterocycles. The van der Waals surface area contributed by atoms with Gasteiger partial charge in [-0.25, -0.2) is 0 Å². The summed E-state index contributed by atoms with van der Waals surface area (Å²) in [5.74, 6) is 0. The SMILES string of the molecule is C[n+]1c(/C=C/c2c[nH]c3ccccc23)cc(N2CCCCC2)c2ccccc21.[I-]. The Morgan fingerprint density at radius 1 is 0.897 bits per heavy atom. The lowest BCUT2D eigenvalue weighted by Crippen LogP contribution is -3.00. The van der Waals surface area contributed by atoms with Gasteiger partial charge in [-0.15, -0.1) is 0 Å².